The summed E-state index contributed by atoms with van der Waals surface area (Å²) >= 11 is 0. The van der Waals surface area contributed by atoms with Gasteiger partial charge >= 0.3 is 5.97 Å². The van der Waals surface area contributed by atoms with Crippen LogP contribution in [-0.4, -0.2) is 24.5 Å². The first-order valence-corrected chi connectivity index (χ1v) is 11.2. The molecule has 0 aromatic carbocycles. The van der Waals surface area contributed by atoms with Gasteiger partial charge in [0.2, 0.25) is 6.41 Å². The summed E-state index contributed by atoms with van der Waals surface area (Å²) in [7, 11) is 0. The number of carbonyl (C=O) groups is 2. The average Bonchev–Trinajstić information content (AvgIpc) is 2.85. The predicted octanol–water partition coefficient (Wildman–Crippen LogP) is 5.11. The molecule has 0 aromatic heterocycles. The molecule has 30 heavy (non-hydrogen) atoms. The molecule has 0 saturated heterocycles. The number of hydrogen-bond donors (Lipinski definition) is 1. The van der Waals surface area contributed by atoms with Crippen LogP contribution < -0.4 is 5.32 Å². The number of unbranched alkanes of at least 4 members (excludes halogenated alkanes) is 2. The van der Waals surface area contributed by atoms with E-state index < -0.39 is 5.97 Å². The summed E-state index contributed by atoms with van der Waals surface area (Å²) in [4.78, 5) is 22.9. The third-order valence-corrected chi connectivity index (χ3v) is 6.42. The van der Waals surface area contributed by atoms with E-state index in [0.29, 0.717) is 18.1 Å². The highest BCUT2D eigenvalue weighted by molar-refractivity contribution is 5.75. The van der Waals surface area contributed by atoms with Crippen LogP contribution >= 0.6 is 0 Å². The van der Waals surface area contributed by atoms with Crippen LogP contribution in [0.25, 0.3) is 0 Å². The highest BCUT2D eigenvalue weighted by Crippen LogP contribution is 2.50. The van der Waals surface area contributed by atoms with Crippen LogP contribution in [0.15, 0.2) is 46.5 Å². The van der Waals surface area contributed by atoms with Crippen LogP contribution in [0.4, 0.5) is 0 Å². The maximum atomic E-state index is 12.3. The summed E-state index contributed by atoms with van der Waals surface area (Å²) in [5.74, 6) is 1.43. The number of ether oxygens (including phenoxy) is 2. The Kier molecular flexibility index (Phi) is 7.22. The monoisotopic (exact) mass is 413 g/mol. The minimum absolute atomic E-state index is 0.143. The zero-order valence-corrected chi connectivity index (χ0v) is 18.8. The molecule has 0 aromatic rings. The van der Waals surface area contributed by atoms with Crippen LogP contribution in [-0.2, 0) is 19.1 Å². The fourth-order valence-electron chi connectivity index (χ4n) is 4.84. The molecule has 0 radical (unpaired) electrons. The van der Waals surface area contributed by atoms with Gasteiger partial charge in [-0.2, -0.15) is 0 Å². The second kappa shape index (κ2) is 9.67. The molecule has 1 aliphatic heterocycles. The minimum atomic E-state index is -0.465. The first-order valence-electron chi connectivity index (χ1n) is 11.2. The van der Waals surface area contributed by atoms with E-state index in [1.807, 2.05) is 6.08 Å². The van der Waals surface area contributed by atoms with Gasteiger partial charge in [0.05, 0.1) is 0 Å². The number of esters is 1. The first kappa shape index (κ1) is 22.4. The largest absolute Gasteiger partial charge is 0.487 e. The molecule has 2 atom stereocenters. The van der Waals surface area contributed by atoms with Gasteiger partial charge in [-0.3, -0.25) is 4.79 Å². The van der Waals surface area contributed by atoms with Gasteiger partial charge in [0, 0.05) is 17.4 Å². The predicted molar refractivity (Wildman–Crippen MR) is 117 cm³/mol. The van der Waals surface area contributed by atoms with Crippen LogP contribution in [0.3, 0.4) is 0 Å². The SMILES string of the molecule is CCCCCC1=CC2=C(C(OC(=O)CNC=O)=CC1)[C@@H]1C=C(C)CCC1C(C)(C)O2. The van der Waals surface area contributed by atoms with Crippen molar-refractivity contribution in [3.63, 3.8) is 0 Å². The van der Waals surface area contributed by atoms with E-state index in [-0.39, 0.29) is 18.1 Å². The zero-order valence-electron chi connectivity index (χ0n) is 18.8. The molecular formula is C25H35NO4. The van der Waals surface area contributed by atoms with E-state index in [1.165, 1.54) is 24.0 Å². The van der Waals surface area contributed by atoms with Crippen LogP contribution in [0.2, 0.25) is 0 Å². The molecule has 1 heterocycles. The van der Waals surface area contributed by atoms with Gasteiger partial charge in [0.15, 0.2) is 0 Å². The summed E-state index contributed by atoms with van der Waals surface area (Å²) in [5, 5.41) is 2.39. The molecule has 164 valence electrons. The quantitative estimate of drug-likeness (QED) is 0.260. The Bertz CT molecular complexity index is 800. The number of fused-ring (bicyclic) bond motifs is 2. The van der Waals surface area contributed by atoms with E-state index in [2.05, 4.69) is 45.2 Å². The fraction of sp³-hybridized carbons (Fsp3) is 0.600. The van der Waals surface area contributed by atoms with E-state index in [4.69, 9.17) is 9.47 Å². The molecule has 1 unspecified atom stereocenters. The average molecular weight is 414 g/mol. The van der Waals surface area contributed by atoms with E-state index in [0.717, 1.165) is 43.4 Å². The maximum Gasteiger partial charge on any atom is 0.330 e. The number of hydrogen-bond acceptors (Lipinski definition) is 4. The Hall–Kier alpha value is -2.30. The van der Waals surface area contributed by atoms with E-state index >= 15 is 0 Å². The van der Waals surface area contributed by atoms with Gasteiger partial charge in [-0.1, -0.05) is 37.0 Å². The topological polar surface area (TPSA) is 64.6 Å². The van der Waals surface area contributed by atoms with Crippen molar-refractivity contribution in [1.82, 2.24) is 5.32 Å². The lowest BCUT2D eigenvalue weighted by Crippen LogP contribution is -2.44. The van der Waals surface area contributed by atoms with Gasteiger partial charge < -0.3 is 14.8 Å². The van der Waals surface area contributed by atoms with Gasteiger partial charge in [0.1, 0.15) is 23.7 Å². The fourth-order valence-corrected chi connectivity index (χ4v) is 4.84. The lowest BCUT2D eigenvalue weighted by molar-refractivity contribution is -0.139. The van der Waals surface area contributed by atoms with Crippen molar-refractivity contribution in [3.05, 3.63) is 46.5 Å². The van der Waals surface area contributed by atoms with Gasteiger partial charge in [-0.25, -0.2) is 4.79 Å². The smallest absolute Gasteiger partial charge is 0.330 e. The second-order valence-electron chi connectivity index (χ2n) is 9.17. The minimum Gasteiger partial charge on any atom is -0.487 e. The van der Waals surface area contributed by atoms with Crippen LogP contribution in [0.1, 0.15) is 72.6 Å². The van der Waals surface area contributed by atoms with E-state index in [1.54, 1.807) is 0 Å². The van der Waals surface area contributed by atoms with Crippen molar-refractivity contribution >= 4 is 12.4 Å². The molecule has 0 saturated carbocycles. The van der Waals surface area contributed by atoms with Crippen molar-refractivity contribution in [1.29, 1.82) is 0 Å². The van der Waals surface area contributed by atoms with Crippen LogP contribution in [0, 0.1) is 11.8 Å². The molecular weight excluding hydrogens is 378 g/mol. The standard InChI is InChI=1S/C25H35NO4/c1-5-6-7-8-18-10-12-21(29-23(28)15-26-16-27)24-19-13-17(2)9-11-20(19)25(3,4)30-22(24)14-18/h12-14,16,19-20H,5-11,15H2,1-4H3,(H,26,27)/t19-,20?/m1/s1. The third kappa shape index (κ3) is 5.05. The molecule has 3 aliphatic rings. The van der Waals surface area contributed by atoms with Gasteiger partial charge in [-0.15, -0.1) is 0 Å². The molecule has 0 bridgehead atoms. The Morgan fingerprint density at radius 2 is 2.17 bits per heavy atom. The van der Waals surface area contributed by atoms with Crippen molar-refractivity contribution < 1.29 is 19.1 Å². The summed E-state index contributed by atoms with van der Waals surface area (Å²) in [6.07, 6.45) is 14.4. The Labute approximate surface area is 180 Å². The maximum absolute atomic E-state index is 12.3. The molecule has 5 nitrogen and oxygen atoms in total. The van der Waals surface area contributed by atoms with Crippen molar-refractivity contribution in [2.45, 2.75) is 78.2 Å². The number of amides is 1. The highest BCUT2D eigenvalue weighted by Gasteiger charge is 2.46. The zero-order chi connectivity index (χ0) is 21.7. The lowest BCUT2D eigenvalue weighted by Gasteiger charge is -2.47. The molecule has 3 rings (SSSR count). The molecule has 1 amide bonds. The molecule has 0 fully saturated rings. The van der Waals surface area contributed by atoms with Gasteiger partial charge in [0.25, 0.3) is 0 Å². The summed E-state index contributed by atoms with van der Waals surface area (Å²) in [6.45, 7) is 8.57. The third-order valence-electron chi connectivity index (χ3n) is 6.42. The number of nitrogens with one attached hydrogen (secondary N) is 1. The van der Waals surface area contributed by atoms with Crippen molar-refractivity contribution in [2.24, 2.45) is 11.8 Å². The van der Waals surface area contributed by atoms with Gasteiger partial charge in [-0.05, 0) is 65.0 Å². The highest BCUT2D eigenvalue weighted by atomic mass is 16.5. The Morgan fingerprint density at radius 3 is 2.90 bits per heavy atom. The second-order valence-corrected chi connectivity index (χ2v) is 9.17. The van der Waals surface area contributed by atoms with Crippen molar-refractivity contribution in [2.75, 3.05) is 6.54 Å². The summed E-state index contributed by atoms with van der Waals surface area (Å²) in [5.41, 5.74) is 3.36. The molecule has 5 heteroatoms. The van der Waals surface area contributed by atoms with Crippen molar-refractivity contribution in [3.8, 4) is 0 Å². The normalized spacial score (nSPS) is 24.9. The first-order chi connectivity index (χ1) is 14.4. The molecule has 0 spiro atoms. The lowest BCUT2D eigenvalue weighted by atomic mass is 9.67. The van der Waals surface area contributed by atoms with E-state index in [9.17, 15) is 9.59 Å². The number of allylic oxidation sites excluding steroid dienone is 6. The Morgan fingerprint density at radius 1 is 1.37 bits per heavy atom. The summed E-state index contributed by atoms with van der Waals surface area (Å²) in [6, 6.07) is 0. The summed E-state index contributed by atoms with van der Waals surface area (Å²) < 4.78 is 12.3. The molecule has 1 N–H and O–H groups in total. The molecule has 2 aliphatic carbocycles. The van der Waals surface area contributed by atoms with Crippen LogP contribution in [0.5, 0.6) is 0 Å². The number of rotatable bonds is 8. The number of carbonyl (C=O) groups excluding carboxylic acids is 2. The Balaban J connectivity index is 2.00.